The molecule has 0 atom stereocenters. The Hall–Kier alpha value is -2.11. The number of carbonyl (C=O) groups excluding carboxylic acids is 1. The molecule has 2 aromatic carbocycles. The van der Waals surface area contributed by atoms with Crippen LogP contribution in [-0.4, -0.2) is 11.1 Å². The number of carbonyl (C=O) groups is 1. The minimum Gasteiger partial charge on any atom is -0.444 e. The average Bonchev–Trinajstić information content (AvgIpc) is 2.55. The third kappa shape index (κ3) is 4.00. The first kappa shape index (κ1) is 15.8. The third-order valence-electron chi connectivity index (χ3n) is 3.16. The number of pyridine rings is 1. The highest BCUT2D eigenvalue weighted by Crippen LogP contribution is 2.27. The fourth-order valence-corrected chi connectivity index (χ4v) is 2.70. The van der Waals surface area contributed by atoms with Gasteiger partial charge in [0, 0.05) is 15.9 Å². The van der Waals surface area contributed by atoms with Gasteiger partial charge in [-0.3, -0.25) is 5.32 Å². The highest BCUT2D eigenvalue weighted by molar-refractivity contribution is 9.10. The van der Waals surface area contributed by atoms with E-state index in [1.165, 1.54) is 0 Å². The van der Waals surface area contributed by atoms with Gasteiger partial charge < -0.3 is 4.74 Å². The Morgan fingerprint density at radius 2 is 1.96 bits per heavy atom. The van der Waals surface area contributed by atoms with Crippen molar-refractivity contribution in [3.8, 4) is 0 Å². The molecule has 0 bridgehead atoms. The highest BCUT2D eigenvalue weighted by atomic mass is 79.9. The van der Waals surface area contributed by atoms with E-state index in [2.05, 4.69) is 26.2 Å². The van der Waals surface area contributed by atoms with E-state index in [9.17, 15) is 4.79 Å². The van der Waals surface area contributed by atoms with Gasteiger partial charge in [-0.2, -0.15) is 0 Å². The van der Waals surface area contributed by atoms with Gasteiger partial charge in [0.2, 0.25) is 0 Å². The molecule has 0 fully saturated rings. The Kier molecular flexibility index (Phi) is 4.79. The molecule has 23 heavy (non-hydrogen) atoms. The van der Waals surface area contributed by atoms with Crippen molar-refractivity contribution >= 4 is 50.3 Å². The molecule has 6 heteroatoms. The molecule has 0 radical (unpaired) electrons. The lowest BCUT2D eigenvalue weighted by Crippen LogP contribution is -2.14. The molecule has 0 spiro atoms. The summed E-state index contributed by atoms with van der Waals surface area (Å²) >= 11 is 9.63. The number of aromatic nitrogens is 1. The van der Waals surface area contributed by atoms with Crippen molar-refractivity contribution < 1.29 is 9.53 Å². The van der Waals surface area contributed by atoms with Crippen LogP contribution in [0.4, 0.5) is 10.6 Å². The number of nitrogens with zero attached hydrogens (tertiary/aromatic N) is 1. The summed E-state index contributed by atoms with van der Waals surface area (Å²) in [5.74, 6) is 0.350. The minimum absolute atomic E-state index is 0.195. The van der Waals surface area contributed by atoms with Crippen LogP contribution in [0.1, 0.15) is 5.56 Å². The van der Waals surface area contributed by atoms with Gasteiger partial charge in [-0.05, 0) is 23.8 Å². The Morgan fingerprint density at radius 1 is 1.17 bits per heavy atom. The molecule has 0 saturated carbocycles. The van der Waals surface area contributed by atoms with Gasteiger partial charge in [0.25, 0.3) is 0 Å². The van der Waals surface area contributed by atoms with Crippen molar-refractivity contribution in [2.24, 2.45) is 0 Å². The van der Waals surface area contributed by atoms with E-state index in [4.69, 9.17) is 16.3 Å². The van der Waals surface area contributed by atoms with E-state index in [1.54, 1.807) is 6.07 Å². The Morgan fingerprint density at radius 3 is 2.74 bits per heavy atom. The molecule has 4 nitrogen and oxygen atoms in total. The van der Waals surface area contributed by atoms with Crippen LogP contribution in [0.2, 0.25) is 5.02 Å². The van der Waals surface area contributed by atoms with Gasteiger partial charge in [-0.25, -0.2) is 9.78 Å². The highest BCUT2D eigenvalue weighted by Gasteiger charge is 2.09. The van der Waals surface area contributed by atoms with Gasteiger partial charge in [-0.1, -0.05) is 57.9 Å². The zero-order chi connectivity index (χ0) is 16.2. The number of amides is 1. The van der Waals surface area contributed by atoms with Gasteiger partial charge in [0.05, 0.1) is 10.5 Å². The molecule has 0 aliphatic rings. The van der Waals surface area contributed by atoms with Crippen LogP contribution in [0.15, 0.2) is 59.1 Å². The standard InChI is InChI=1S/C17H12BrClN2O2/c18-12-6-7-15-13(8-12)14(19)9-16(20-15)21-17(22)23-10-11-4-2-1-3-5-11/h1-9H,10H2,(H,20,21,22). The average molecular weight is 392 g/mol. The van der Waals surface area contributed by atoms with Crippen molar-refractivity contribution in [1.29, 1.82) is 0 Å². The van der Waals surface area contributed by atoms with Crippen LogP contribution in [0.25, 0.3) is 10.9 Å². The van der Waals surface area contributed by atoms with Crippen molar-refractivity contribution in [3.63, 3.8) is 0 Å². The lowest BCUT2D eigenvalue weighted by molar-refractivity contribution is 0.155. The predicted molar refractivity (Wildman–Crippen MR) is 94.7 cm³/mol. The number of benzene rings is 2. The molecule has 3 rings (SSSR count). The molecule has 1 N–H and O–H groups in total. The van der Waals surface area contributed by atoms with E-state index < -0.39 is 6.09 Å². The first-order chi connectivity index (χ1) is 11.1. The fraction of sp³-hybridized carbons (Fsp3) is 0.0588. The quantitative estimate of drug-likeness (QED) is 0.650. The predicted octanol–water partition coefficient (Wildman–Crippen LogP) is 5.40. The Bertz CT molecular complexity index is 856. The molecule has 116 valence electrons. The molecule has 1 heterocycles. The van der Waals surface area contributed by atoms with Crippen molar-refractivity contribution in [3.05, 3.63) is 69.7 Å². The second-order valence-electron chi connectivity index (χ2n) is 4.84. The zero-order valence-corrected chi connectivity index (χ0v) is 14.3. The molecule has 0 aliphatic heterocycles. The number of ether oxygens (including phenoxy) is 1. The summed E-state index contributed by atoms with van der Waals surface area (Å²) in [6.45, 7) is 0.195. The molecule has 0 saturated heterocycles. The van der Waals surface area contributed by atoms with Crippen LogP contribution >= 0.6 is 27.5 Å². The summed E-state index contributed by atoms with van der Waals surface area (Å²) in [5.41, 5.74) is 1.61. The van der Waals surface area contributed by atoms with Crippen LogP contribution in [-0.2, 0) is 11.3 Å². The number of hydrogen-bond donors (Lipinski definition) is 1. The van der Waals surface area contributed by atoms with Gasteiger partial charge in [0.1, 0.15) is 12.4 Å². The van der Waals surface area contributed by atoms with Gasteiger partial charge >= 0.3 is 6.09 Å². The van der Waals surface area contributed by atoms with E-state index >= 15 is 0 Å². The van der Waals surface area contributed by atoms with Gasteiger partial charge in [0.15, 0.2) is 0 Å². The normalized spacial score (nSPS) is 10.5. The zero-order valence-electron chi connectivity index (χ0n) is 11.9. The van der Waals surface area contributed by atoms with E-state index in [0.29, 0.717) is 16.4 Å². The minimum atomic E-state index is -0.575. The summed E-state index contributed by atoms with van der Waals surface area (Å²) in [5, 5.41) is 3.91. The topological polar surface area (TPSA) is 51.2 Å². The fourth-order valence-electron chi connectivity index (χ4n) is 2.08. The molecule has 1 aromatic heterocycles. The number of rotatable bonds is 3. The third-order valence-corrected chi connectivity index (χ3v) is 3.97. The smallest absolute Gasteiger partial charge is 0.413 e. The summed E-state index contributed by atoms with van der Waals surface area (Å²) in [7, 11) is 0. The lowest BCUT2D eigenvalue weighted by atomic mass is 10.2. The monoisotopic (exact) mass is 390 g/mol. The number of halogens is 2. The van der Waals surface area contributed by atoms with E-state index in [-0.39, 0.29) is 6.61 Å². The van der Waals surface area contributed by atoms with Crippen LogP contribution in [0.5, 0.6) is 0 Å². The maximum Gasteiger partial charge on any atom is 0.413 e. The van der Waals surface area contributed by atoms with E-state index in [1.807, 2.05) is 48.5 Å². The number of anilines is 1. The summed E-state index contributed by atoms with van der Waals surface area (Å²) in [4.78, 5) is 16.2. The van der Waals surface area contributed by atoms with Crippen molar-refractivity contribution in [1.82, 2.24) is 4.98 Å². The van der Waals surface area contributed by atoms with Crippen molar-refractivity contribution in [2.75, 3.05) is 5.32 Å². The molecular weight excluding hydrogens is 380 g/mol. The lowest BCUT2D eigenvalue weighted by Gasteiger charge is -2.08. The SMILES string of the molecule is O=C(Nc1cc(Cl)c2cc(Br)ccc2n1)OCc1ccccc1. The van der Waals surface area contributed by atoms with E-state index in [0.717, 1.165) is 15.4 Å². The first-order valence-electron chi connectivity index (χ1n) is 6.85. The van der Waals surface area contributed by atoms with Crippen molar-refractivity contribution in [2.45, 2.75) is 6.61 Å². The number of hydrogen-bond acceptors (Lipinski definition) is 3. The molecule has 0 unspecified atom stereocenters. The van der Waals surface area contributed by atoms with Crippen LogP contribution in [0.3, 0.4) is 0 Å². The van der Waals surface area contributed by atoms with Gasteiger partial charge in [-0.15, -0.1) is 0 Å². The van der Waals surface area contributed by atoms with Crippen LogP contribution < -0.4 is 5.32 Å². The van der Waals surface area contributed by atoms with Crippen LogP contribution in [0, 0.1) is 0 Å². The number of nitrogens with one attached hydrogen (secondary N) is 1. The largest absolute Gasteiger partial charge is 0.444 e. The maximum absolute atomic E-state index is 11.9. The Balaban J connectivity index is 1.71. The first-order valence-corrected chi connectivity index (χ1v) is 8.02. The summed E-state index contributed by atoms with van der Waals surface area (Å²) < 4.78 is 6.08. The Labute approximate surface area is 146 Å². The second-order valence-corrected chi connectivity index (χ2v) is 6.16. The molecule has 3 aromatic rings. The maximum atomic E-state index is 11.9. The molecule has 0 aliphatic carbocycles. The summed E-state index contributed by atoms with van der Waals surface area (Å²) in [6, 6.07) is 16.6. The number of fused-ring (bicyclic) bond motifs is 1. The summed E-state index contributed by atoms with van der Waals surface area (Å²) in [6.07, 6.45) is -0.575. The second kappa shape index (κ2) is 6.98. The molecule has 1 amide bonds. The molecular formula is C17H12BrClN2O2.